The van der Waals surface area contributed by atoms with Crippen LogP contribution in [0.15, 0.2) is 35.0 Å². The first-order valence-corrected chi connectivity index (χ1v) is 9.06. The van der Waals surface area contributed by atoms with Gasteiger partial charge in [0, 0.05) is 0 Å². The van der Waals surface area contributed by atoms with Gasteiger partial charge >= 0.3 is 166 Å². The zero-order valence-corrected chi connectivity index (χ0v) is 15.7. The van der Waals surface area contributed by atoms with Crippen LogP contribution in [0.5, 0.6) is 0 Å². The number of hydrogen-bond acceptors (Lipinski definition) is 8. The van der Waals surface area contributed by atoms with E-state index >= 15 is 0 Å². The summed E-state index contributed by atoms with van der Waals surface area (Å²) >= 11 is 0. The minimum atomic E-state index is -1.48. The number of rotatable bonds is 5. The summed E-state index contributed by atoms with van der Waals surface area (Å²) in [6.45, 7) is 2.23. The molecule has 3 N–H and O–H groups in total. The number of amides is 2. The number of nitrogens with zero attached hydrogens (tertiary/aromatic N) is 3. The molecular formula is C18H19BN4O6. The normalized spacial score (nSPS) is 26.8. The summed E-state index contributed by atoms with van der Waals surface area (Å²) in [5, 5.41) is 13.2. The predicted molar refractivity (Wildman–Crippen MR) is 102 cm³/mol. The second kappa shape index (κ2) is 6.78. The average Bonchev–Trinajstić information content (AvgIpc) is 3.29. The van der Waals surface area contributed by atoms with Crippen molar-refractivity contribution in [3.63, 3.8) is 0 Å². The maximum atomic E-state index is 12.7. The molecule has 4 rings (SSSR count). The van der Waals surface area contributed by atoms with E-state index in [4.69, 9.17) is 10.5 Å². The van der Waals surface area contributed by atoms with Gasteiger partial charge in [0.25, 0.3) is 0 Å². The van der Waals surface area contributed by atoms with Crippen molar-refractivity contribution in [2.75, 3.05) is 18.1 Å². The molecule has 0 radical (unpaired) electrons. The number of ether oxygens (including phenoxy) is 1. The van der Waals surface area contributed by atoms with Crippen molar-refractivity contribution in [3.8, 4) is 0 Å². The van der Waals surface area contributed by atoms with Gasteiger partial charge in [0.15, 0.2) is 0 Å². The first kappa shape index (κ1) is 19.3. The summed E-state index contributed by atoms with van der Waals surface area (Å²) in [7, 11) is 3.14. The maximum absolute atomic E-state index is 12.7. The third kappa shape index (κ3) is 2.69. The van der Waals surface area contributed by atoms with Crippen molar-refractivity contribution in [2.45, 2.75) is 31.0 Å². The van der Waals surface area contributed by atoms with Crippen LogP contribution in [0.3, 0.4) is 0 Å². The van der Waals surface area contributed by atoms with E-state index < -0.39 is 35.7 Å². The number of aliphatic hydroxyl groups excluding tert-OH is 1. The second-order valence-corrected chi connectivity index (χ2v) is 7.15. The van der Waals surface area contributed by atoms with E-state index in [0.29, 0.717) is 30.0 Å². The van der Waals surface area contributed by atoms with Crippen LogP contribution in [-0.2, 0) is 19.2 Å². The number of cyclic esters (lactones) is 1. The topological polar surface area (TPSA) is 135 Å². The number of fused-ring (bicyclic) bond motifs is 1. The van der Waals surface area contributed by atoms with E-state index in [1.807, 2.05) is 0 Å². The molecule has 0 aromatic heterocycles. The van der Waals surface area contributed by atoms with Gasteiger partial charge in [-0.15, -0.1) is 0 Å². The SMILES string of the molecule is B=NOC(=O)C1=C(c2ccc(N3CCOC3=O)cc2)C[C@H]2N1C(=O)[C@]2(N)[C@@H](C)O. The number of benzene rings is 1. The van der Waals surface area contributed by atoms with Crippen molar-refractivity contribution in [2.24, 2.45) is 10.8 Å². The predicted octanol–water partition coefficient (Wildman–Crippen LogP) is -0.410. The number of aliphatic hydroxyl groups is 1. The molecule has 0 bridgehead atoms. The Morgan fingerprint density at radius 1 is 1.41 bits per heavy atom. The fraction of sp³-hybridized carbons (Fsp3) is 0.389. The zero-order valence-electron chi connectivity index (χ0n) is 15.7. The van der Waals surface area contributed by atoms with Crippen LogP contribution in [0.4, 0.5) is 10.5 Å². The fourth-order valence-corrected chi connectivity index (χ4v) is 4.10. The number of carbonyl (C=O) groups is 3. The minimum absolute atomic E-state index is 0.0301. The molecule has 3 aliphatic heterocycles. The van der Waals surface area contributed by atoms with Gasteiger partial charge in [0.05, 0.1) is 0 Å². The molecule has 0 saturated carbocycles. The molecule has 11 heteroatoms. The monoisotopic (exact) mass is 398 g/mol. The standard InChI is InChI=1S/C18H19BN4O6/c1-9(24)18(20)13-8-12(14(15(25)29-21-19)23(13)16(18)26)10-2-4-11(5-3-10)22-6-7-28-17(22)27/h2-5,9,13,19,24H,6-8,20H2,1H3/t9-,13-,18+/m1/s1. The molecule has 1 aromatic carbocycles. The van der Waals surface area contributed by atoms with E-state index in [2.05, 4.69) is 17.5 Å². The van der Waals surface area contributed by atoms with Gasteiger partial charge < -0.3 is 0 Å². The van der Waals surface area contributed by atoms with Crippen molar-refractivity contribution < 1.29 is 29.1 Å². The Hall–Kier alpha value is -3.05. The van der Waals surface area contributed by atoms with Gasteiger partial charge in [-0.1, -0.05) is 0 Å². The van der Waals surface area contributed by atoms with Crippen LogP contribution in [0.25, 0.3) is 5.57 Å². The van der Waals surface area contributed by atoms with Crippen LogP contribution < -0.4 is 10.6 Å². The third-order valence-electron chi connectivity index (χ3n) is 5.70. The molecule has 2 saturated heterocycles. The van der Waals surface area contributed by atoms with Crippen LogP contribution in [-0.4, -0.2) is 66.5 Å². The van der Waals surface area contributed by atoms with E-state index in [-0.39, 0.29) is 12.1 Å². The molecule has 2 fully saturated rings. The second-order valence-electron chi connectivity index (χ2n) is 7.15. The molecule has 3 heterocycles. The Bertz CT molecular complexity index is 946. The van der Waals surface area contributed by atoms with Gasteiger partial charge in [0.2, 0.25) is 0 Å². The van der Waals surface area contributed by atoms with E-state index in [9.17, 15) is 19.5 Å². The molecule has 1 aromatic rings. The summed E-state index contributed by atoms with van der Waals surface area (Å²) in [5.74, 6) is -1.38. The molecule has 29 heavy (non-hydrogen) atoms. The zero-order chi connectivity index (χ0) is 20.9. The number of anilines is 1. The van der Waals surface area contributed by atoms with Crippen molar-refractivity contribution >= 4 is 36.9 Å². The number of nitrogens with two attached hydrogens (primary N) is 1. The summed E-state index contributed by atoms with van der Waals surface area (Å²) in [5.41, 5.74) is 6.57. The van der Waals surface area contributed by atoms with Crippen molar-refractivity contribution in [3.05, 3.63) is 35.5 Å². The Morgan fingerprint density at radius 2 is 2.10 bits per heavy atom. The first-order valence-electron chi connectivity index (χ1n) is 9.06. The van der Waals surface area contributed by atoms with E-state index in [1.54, 1.807) is 24.3 Å². The molecule has 3 aliphatic rings. The molecular weight excluding hydrogens is 379 g/mol. The Morgan fingerprint density at radius 3 is 2.66 bits per heavy atom. The van der Waals surface area contributed by atoms with Gasteiger partial charge in [0.1, 0.15) is 0 Å². The fourth-order valence-electron chi connectivity index (χ4n) is 4.10. The Kier molecular flexibility index (Phi) is 4.51. The van der Waals surface area contributed by atoms with Crippen LogP contribution >= 0.6 is 0 Å². The molecule has 150 valence electrons. The van der Waals surface area contributed by atoms with Crippen LogP contribution in [0.1, 0.15) is 18.9 Å². The Balaban J connectivity index is 1.70. The number of hydrogen-bond donors (Lipinski definition) is 2. The number of carbonyl (C=O) groups excluding carboxylic acids is 3. The van der Waals surface area contributed by atoms with Crippen LogP contribution in [0, 0.1) is 0 Å². The van der Waals surface area contributed by atoms with Gasteiger partial charge in [-0.2, -0.15) is 0 Å². The average molecular weight is 398 g/mol. The van der Waals surface area contributed by atoms with E-state index in [1.165, 1.54) is 16.7 Å². The molecule has 0 spiro atoms. The van der Waals surface area contributed by atoms with Gasteiger partial charge in [-0.05, 0) is 0 Å². The number of β-lactam (4-membered cyclic amide) rings is 1. The van der Waals surface area contributed by atoms with Crippen molar-refractivity contribution in [1.29, 1.82) is 0 Å². The molecule has 10 nitrogen and oxygen atoms in total. The summed E-state index contributed by atoms with van der Waals surface area (Å²) in [6, 6.07) is 6.35. The summed E-state index contributed by atoms with van der Waals surface area (Å²) < 4.78 is 4.94. The molecule has 3 atom stereocenters. The van der Waals surface area contributed by atoms with Gasteiger partial charge in [-0.3, -0.25) is 0 Å². The molecule has 0 unspecified atom stereocenters. The molecule has 2 amide bonds. The van der Waals surface area contributed by atoms with E-state index in [0.717, 1.165) is 0 Å². The molecule has 0 aliphatic carbocycles. The Labute approximate surface area is 166 Å². The quantitative estimate of drug-likeness (QED) is 0.391. The van der Waals surface area contributed by atoms with Gasteiger partial charge in [-0.25, -0.2) is 0 Å². The van der Waals surface area contributed by atoms with Crippen molar-refractivity contribution in [1.82, 2.24) is 4.90 Å². The first-order chi connectivity index (χ1) is 13.8. The summed E-state index contributed by atoms with van der Waals surface area (Å²) in [6.07, 6.45) is -1.24. The van der Waals surface area contributed by atoms with Crippen LogP contribution in [0.2, 0.25) is 0 Å². The summed E-state index contributed by atoms with van der Waals surface area (Å²) in [4.78, 5) is 44.3. The third-order valence-corrected chi connectivity index (χ3v) is 5.70.